The highest BCUT2D eigenvalue weighted by molar-refractivity contribution is 7.99. The Morgan fingerprint density at radius 1 is 0.606 bits per heavy atom. The number of hydrogen-bond donors (Lipinski definition) is 0. The van der Waals surface area contributed by atoms with Gasteiger partial charge < -0.3 is 8.80 Å². The molecule has 6 aromatic rings. The van der Waals surface area contributed by atoms with E-state index < -0.39 is 0 Å². The van der Waals surface area contributed by atoms with Crippen LogP contribution in [0, 0.1) is 0 Å². The molecule has 2 aromatic carbocycles. The van der Waals surface area contributed by atoms with E-state index >= 15 is 0 Å². The van der Waals surface area contributed by atoms with Crippen molar-refractivity contribution in [2.45, 2.75) is 9.79 Å². The predicted molar refractivity (Wildman–Crippen MR) is 135 cm³/mol. The maximum absolute atomic E-state index is 6.15. The Morgan fingerprint density at radius 2 is 1.06 bits per heavy atom. The van der Waals surface area contributed by atoms with Crippen molar-refractivity contribution in [3.8, 4) is 22.5 Å². The third-order valence-electron chi connectivity index (χ3n) is 5.39. The second-order valence-electron chi connectivity index (χ2n) is 7.57. The molecule has 0 fully saturated rings. The van der Waals surface area contributed by atoms with Gasteiger partial charge in [-0.1, -0.05) is 71.4 Å². The number of hydrogen-bond acceptors (Lipinski definition) is 3. The first-order valence-corrected chi connectivity index (χ1v) is 11.9. The highest BCUT2D eigenvalue weighted by atomic mass is 35.5. The van der Waals surface area contributed by atoms with Crippen LogP contribution in [0.3, 0.4) is 0 Å². The van der Waals surface area contributed by atoms with E-state index in [0.717, 1.165) is 43.6 Å². The molecule has 160 valence electrons. The Morgan fingerprint density at radius 3 is 1.55 bits per heavy atom. The van der Waals surface area contributed by atoms with Crippen LogP contribution in [0.25, 0.3) is 33.8 Å². The third kappa shape index (κ3) is 3.89. The fraction of sp³-hybridized carbons (Fsp3) is 0. The Labute approximate surface area is 204 Å². The summed E-state index contributed by atoms with van der Waals surface area (Å²) in [6.07, 6.45) is 7.91. The highest BCUT2D eigenvalue weighted by Gasteiger charge is 2.14. The standard InChI is InChI=1S/C26H16Cl2N4S/c27-17-9-11-31-15-21(29-25(31)13-17)19-5-1-3-7-23(19)33-24-8-4-2-6-20(24)22-16-32-12-10-18(28)14-26(32)30-22/h1-16H. The van der Waals surface area contributed by atoms with E-state index in [0.29, 0.717) is 10.0 Å². The number of aromatic nitrogens is 4. The zero-order valence-corrected chi connectivity index (χ0v) is 19.5. The number of nitrogens with zero attached hydrogens (tertiary/aromatic N) is 4. The number of rotatable bonds is 4. The van der Waals surface area contributed by atoms with E-state index in [-0.39, 0.29) is 0 Å². The molecule has 0 atom stereocenters. The van der Waals surface area contributed by atoms with Crippen molar-refractivity contribution in [1.29, 1.82) is 0 Å². The lowest BCUT2D eigenvalue weighted by Crippen LogP contribution is -1.86. The third-order valence-corrected chi connectivity index (χ3v) is 7.01. The van der Waals surface area contributed by atoms with Crippen molar-refractivity contribution in [3.05, 3.63) is 108 Å². The Hall–Kier alpha value is -3.25. The van der Waals surface area contributed by atoms with Crippen LogP contribution in [0.1, 0.15) is 0 Å². The van der Waals surface area contributed by atoms with Gasteiger partial charge in [-0.05, 0) is 24.3 Å². The SMILES string of the molecule is Clc1ccn2cc(-c3ccccc3Sc3ccccc3-c3cn4ccc(Cl)cc4n3)nc2c1. The van der Waals surface area contributed by atoms with Crippen molar-refractivity contribution in [2.24, 2.45) is 0 Å². The van der Waals surface area contributed by atoms with Crippen LogP contribution in [0.4, 0.5) is 0 Å². The van der Waals surface area contributed by atoms with Gasteiger partial charge in [0.25, 0.3) is 0 Å². The van der Waals surface area contributed by atoms with Gasteiger partial charge in [-0.15, -0.1) is 0 Å². The van der Waals surface area contributed by atoms with Crippen LogP contribution < -0.4 is 0 Å². The number of imidazole rings is 2. The highest BCUT2D eigenvalue weighted by Crippen LogP contribution is 2.40. The molecule has 0 aliphatic heterocycles. The second kappa shape index (κ2) is 8.27. The van der Waals surface area contributed by atoms with Crippen molar-refractivity contribution in [1.82, 2.24) is 18.8 Å². The summed E-state index contributed by atoms with van der Waals surface area (Å²) in [6.45, 7) is 0. The molecule has 0 radical (unpaired) electrons. The smallest absolute Gasteiger partial charge is 0.138 e. The number of halogens is 2. The molecule has 0 spiro atoms. The molecule has 7 heteroatoms. The van der Waals surface area contributed by atoms with Crippen LogP contribution in [-0.2, 0) is 0 Å². The van der Waals surface area contributed by atoms with Crippen LogP contribution in [0.2, 0.25) is 10.0 Å². The van der Waals surface area contributed by atoms with Crippen molar-refractivity contribution in [2.75, 3.05) is 0 Å². The first-order valence-electron chi connectivity index (χ1n) is 10.3. The summed E-state index contributed by atoms with van der Waals surface area (Å²) in [5.74, 6) is 0. The fourth-order valence-electron chi connectivity index (χ4n) is 3.83. The van der Waals surface area contributed by atoms with Gasteiger partial charge >= 0.3 is 0 Å². The zero-order valence-electron chi connectivity index (χ0n) is 17.2. The normalized spacial score (nSPS) is 11.5. The minimum Gasteiger partial charge on any atom is -0.306 e. The largest absolute Gasteiger partial charge is 0.306 e. The Bertz CT molecular complexity index is 1520. The average molecular weight is 487 g/mol. The molecule has 0 amide bonds. The minimum atomic E-state index is 0.671. The van der Waals surface area contributed by atoms with E-state index in [1.807, 2.05) is 82.1 Å². The molecule has 0 aliphatic rings. The molecule has 33 heavy (non-hydrogen) atoms. The number of fused-ring (bicyclic) bond motifs is 2. The molecule has 6 rings (SSSR count). The molecule has 0 N–H and O–H groups in total. The molecular weight excluding hydrogens is 471 g/mol. The Kier molecular flexibility index (Phi) is 5.10. The first-order chi connectivity index (χ1) is 16.1. The maximum atomic E-state index is 6.15. The maximum Gasteiger partial charge on any atom is 0.138 e. The quantitative estimate of drug-likeness (QED) is 0.255. The van der Waals surface area contributed by atoms with Gasteiger partial charge in [0.1, 0.15) is 11.3 Å². The van der Waals surface area contributed by atoms with E-state index in [1.54, 1.807) is 11.8 Å². The predicted octanol–water partition coefficient (Wildman–Crippen LogP) is 7.77. The van der Waals surface area contributed by atoms with E-state index in [9.17, 15) is 0 Å². The molecule has 0 aliphatic carbocycles. The van der Waals surface area contributed by atoms with Gasteiger partial charge in [-0.3, -0.25) is 0 Å². The molecule has 4 heterocycles. The van der Waals surface area contributed by atoms with Crippen LogP contribution >= 0.6 is 35.0 Å². The summed E-state index contributed by atoms with van der Waals surface area (Å²) in [7, 11) is 0. The molecule has 4 nitrogen and oxygen atoms in total. The molecule has 0 unspecified atom stereocenters. The summed E-state index contributed by atoms with van der Waals surface area (Å²) < 4.78 is 3.97. The van der Waals surface area contributed by atoms with Gasteiger partial charge in [0.2, 0.25) is 0 Å². The van der Waals surface area contributed by atoms with E-state index in [1.165, 1.54) is 0 Å². The van der Waals surface area contributed by atoms with E-state index in [4.69, 9.17) is 33.2 Å². The lowest BCUT2D eigenvalue weighted by Gasteiger charge is -2.10. The molecule has 0 saturated heterocycles. The van der Waals surface area contributed by atoms with Crippen LogP contribution in [-0.4, -0.2) is 18.8 Å². The van der Waals surface area contributed by atoms with Crippen molar-refractivity contribution >= 4 is 46.3 Å². The van der Waals surface area contributed by atoms with E-state index in [2.05, 4.69) is 24.3 Å². The minimum absolute atomic E-state index is 0.671. The molecular formula is C26H16Cl2N4S. The monoisotopic (exact) mass is 486 g/mol. The van der Waals surface area contributed by atoms with Crippen LogP contribution in [0.15, 0.2) is 107 Å². The average Bonchev–Trinajstić information content (AvgIpc) is 3.43. The summed E-state index contributed by atoms with van der Waals surface area (Å²) in [5.41, 5.74) is 5.58. The molecule has 4 aromatic heterocycles. The summed E-state index contributed by atoms with van der Waals surface area (Å²) >= 11 is 14.0. The van der Waals surface area contributed by atoms with Gasteiger partial charge in [0.05, 0.1) is 11.4 Å². The summed E-state index contributed by atoms with van der Waals surface area (Å²) in [5, 5.41) is 1.34. The second-order valence-corrected chi connectivity index (χ2v) is 9.52. The first kappa shape index (κ1) is 20.4. The lowest BCUT2D eigenvalue weighted by molar-refractivity contribution is 1.19. The zero-order chi connectivity index (χ0) is 22.4. The summed E-state index contributed by atoms with van der Waals surface area (Å²) in [6, 6.07) is 24.1. The Balaban J connectivity index is 1.42. The summed E-state index contributed by atoms with van der Waals surface area (Å²) in [4.78, 5) is 11.8. The number of pyridine rings is 2. The fourth-order valence-corrected chi connectivity index (χ4v) is 5.23. The van der Waals surface area contributed by atoms with Gasteiger partial charge in [0.15, 0.2) is 0 Å². The van der Waals surface area contributed by atoms with Crippen molar-refractivity contribution < 1.29 is 0 Å². The number of benzene rings is 2. The topological polar surface area (TPSA) is 34.6 Å². The van der Waals surface area contributed by atoms with Gasteiger partial charge in [0, 0.05) is 67.9 Å². The lowest BCUT2D eigenvalue weighted by atomic mass is 10.2. The van der Waals surface area contributed by atoms with Gasteiger partial charge in [-0.25, -0.2) is 9.97 Å². The van der Waals surface area contributed by atoms with Gasteiger partial charge in [-0.2, -0.15) is 0 Å². The van der Waals surface area contributed by atoms with Crippen molar-refractivity contribution in [3.63, 3.8) is 0 Å². The molecule has 0 bridgehead atoms. The van der Waals surface area contributed by atoms with Crippen LogP contribution in [0.5, 0.6) is 0 Å². The molecule has 0 saturated carbocycles.